The molecule has 4 unspecified atom stereocenters. The molecule has 0 rings (SSSR count). The smallest absolute Gasteiger partial charge is 0.249 e. The number of aliphatic hydroxyl groups is 4. The molecule has 4 atom stereocenters. The Bertz CT molecular complexity index is 847. The topological polar surface area (TPSA) is 110 Å². The molecule has 0 radical (unpaired) electrons. The molecule has 6 heteroatoms. The molecular formula is C50H97NO5. The fourth-order valence-corrected chi connectivity index (χ4v) is 7.69. The maximum Gasteiger partial charge on any atom is 0.249 e. The van der Waals surface area contributed by atoms with Crippen molar-refractivity contribution in [3.63, 3.8) is 0 Å². The zero-order valence-corrected chi connectivity index (χ0v) is 37.4. The van der Waals surface area contributed by atoms with Crippen molar-refractivity contribution in [1.29, 1.82) is 0 Å². The lowest BCUT2D eigenvalue weighted by atomic mass is 10.00. The first kappa shape index (κ1) is 54.8. The van der Waals surface area contributed by atoms with Gasteiger partial charge in [-0.1, -0.05) is 218 Å². The first-order chi connectivity index (χ1) is 27.5. The van der Waals surface area contributed by atoms with Crippen molar-refractivity contribution in [3.05, 3.63) is 24.3 Å². The van der Waals surface area contributed by atoms with Crippen molar-refractivity contribution < 1.29 is 25.2 Å². The molecule has 1 amide bonds. The van der Waals surface area contributed by atoms with E-state index in [2.05, 4.69) is 43.5 Å². The highest BCUT2D eigenvalue weighted by atomic mass is 16.3. The number of aliphatic hydroxyl groups excluding tert-OH is 4. The molecule has 0 bridgehead atoms. The van der Waals surface area contributed by atoms with Gasteiger partial charge in [-0.15, -0.1) is 0 Å². The first-order valence-electron chi connectivity index (χ1n) is 24.7. The van der Waals surface area contributed by atoms with Gasteiger partial charge in [0.1, 0.15) is 12.2 Å². The van der Waals surface area contributed by atoms with Crippen LogP contribution in [0.3, 0.4) is 0 Å². The Labute approximate surface area is 348 Å². The third-order valence-corrected chi connectivity index (χ3v) is 11.6. The van der Waals surface area contributed by atoms with E-state index in [9.17, 15) is 25.2 Å². The lowest BCUT2D eigenvalue weighted by molar-refractivity contribution is -0.132. The van der Waals surface area contributed by atoms with Crippen molar-refractivity contribution in [2.24, 2.45) is 0 Å². The SMILES string of the molecule is CCCCCCCCCCC/C=C\CCCCCCC(O)C(=O)NC(CO)C(O)C(O)CCC/C=C/CCCCCCCCCCCCCCCCCCCC. The highest BCUT2D eigenvalue weighted by molar-refractivity contribution is 5.80. The van der Waals surface area contributed by atoms with Crippen molar-refractivity contribution >= 4 is 5.91 Å². The molecule has 0 aromatic rings. The van der Waals surface area contributed by atoms with E-state index in [0.717, 1.165) is 51.4 Å². The van der Waals surface area contributed by atoms with Crippen LogP contribution >= 0.6 is 0 Å². The molecule has 0 heterocycles. The summed E-state index contributed by atoms with van der Waals surface area (Å²) in [6, 6.07) is -1.01. The third-order valence-electron chi connectivity index (χ3n) is 11.6. The number of carbonyl (C=O) groups excluding carboxylic acids is 1. The molecule has 332 valence electrons. The van der Waals surface area contributed by atoms with Gasteiger partial charge in [0.2, 0.25) is 5.91 Å². The van der Waals surface area contributed by atoms with Gasteiger partial charge in [0.05, 0.1) is 18.8 Å². The van der Waals surface area contributed by atoms with Crippen LogP contribution in [0.2, 0.25) is 0 Å². The Morgan fingerprint density at radius 1 is 0.429 bits per heavy atom. The van der Waals surface area contributed by atoms with Crippen molar-refractivity contribution in [1.82, 2.24) is 5.32 Å². The predicted octanol–water partition coefficient (Wildman–Crippen LogP) is 13.5. The highest BCUT2D eigenvalue weighted by Gasteiger charge is 2.28. The number of carbonyl (C=O) groups is 1. The Hall–Kier alpha value is -1.21. The molecule has 6 nitrogen and oxygen atoms in total. The van der Waals surface area contributed by atoms with Crippen LogP contribution < -0.4 is 5.32 Å². The summed E-state index contributed by atoms with van der Waals surface area (Å²) in [7, 11) is 0. The molecule has 56 heavy (non-hydrogen) atoms. The summed E-state index contributed by atoms with van der Waals surface area (Å²) in [4.78, 5) is 12.5. The molecular weight excluding hydrogens is 695 g/mol. The minimum atomic E-state index is -1.28. The van der Waals surface area contributed by atoms with Crippen LogP contribution in [0, 0.1) is 0 Å². The average molecular weight is 792 g/mol. The molecule has 0 saturated heterocycles. The predicted molar refractivity (Wildman–Crippen MR) is 242 cm³/mol. The summed E-state index contributed by atoms with van der Waals surface area (Å²) in [5.74, 6) is -0.600. The zero-order chi connectivity index (χ0) is 41.0. The van der Waals surface area contributed by atoms with Crippen molar-refractivity contribution in [3.8, 4) is 0 Å². The monoisotopic (exact) mass is 792 g/mol. The fraction of sp³-hybridized carbons (Fsp3) is 0.900. The Kier molecular flexibility index (Phi) is 43.9. The lowest BCUT2D eigenvalue weighted by Crippen LogP contribution is -2.53. The number of hydrogen-bond donors (Lipinski definition) is 5. The normalized spacial score (nSPS) is 14.2. The molecule has 0 spiro atoms. The largest absolute Gasteiger partial charge is 0.394 e. The fourth-order valence-electron chi connectivity index (χ4n) is 7.69. The summed E-state index contributed by atoms with van der Waals surface area (Å²) in [5.41, 5.74) is 0. The van der Waals surface area contributed by atoms with E-state index in [4.69, 9.17) is 0 Å². The molecule has 0 aliphatic rings. The third kappa shape index (κ3) is 38.3. The Morgan fingerprint density at radius 3 is 1.07 bits per heavy atom. The molecule has 0 aliphatic heterocycles. The van der Waals surface area contributed by atoms with Crippen LogP contribution in [0.25, 0.3) is 0 Å². The van der Waals surface area contributed by atoms with Gasteiger partial charge in [-0.2, -0.15) is 0 Å². The van der Waals surface area contributed by atoms with Crippen LogP contribution in [-0.2, 0) is 4.79 Å². The van der Waals surface area contributed by atoms with Gasteiger partial charge < -0.3 is 25.7 Å². The second kappa shape index (κ2) is 44.9. The average Bonchev–Trinajstić information content (AvgIpc) is 3.20. The van der Waals surface area contributed by atoms with E-state index < -0.39 is 36.9 Å². The standard InChI is InChI=1S/C50H97NO5/c1-3-5-7-9-11-13-15-17-19-21-22-23-24-25-26-28-29-31-33-35-37-39-41-43-47(53)49(55)46(45-52)51-50(56)48(54)44-42-40-38-36-34-32-30-27-20-18-16-14-12-10-8-6-4-2/h30,32,35,37,46-49,52-55H,3-29,31,33-34,36,38-45H2,1-2H3,(H,51,56)/b32-30-,37-35+. The molecule has 0 fully saturated rings. The van der Waals surface area contributed by atoms with Gasteiger partial charge in [0.25, 0.3) is 0 Å². The summed E-state index contributed by atoms with van der Waals surface area (Å²) < 4.78 is 0. The van der Waals surface area contributed by atoms with Gasteiger partial charge >= 0.3 is 0 Å². The van der Waals surface area contributed by atoms with E-state index in [1.54, 1.807) is 0 Å². The number of rotatable bonds is 45. The molecule has 0 aliphatic carbocycles. The lowest BCUT2D eigenvalue weighted by Gasteiger charge is -2.27. The van der Waals surface area contributed by atoms with E-state index in [-0.39, 0.29) is 0 Å². The minimum absolute atomic E-state index is 0.350. The second-order valence-corrected chi connectivity index (χ2v) is 17.2. The van der Waals surface area contributed by atoms with Gasteiger partial charge in [-0.3, -0.25) is 4.79 Å². The zero-order valence-electron chi connectivity index (χ0n) is 37.4. The first-order valence-corrected chi connectivity index (χ1v) is 24.7. The van der Waals surface area contributed by atoms with Gasteiger partial charge in [0, 0.05) is 0 Å². The minimum Gasteiger partial charge on any atom is -0.394 e. The summed E-state index contributed by atoms with van der Waals surface area (Å²) >= 11 is 0. The Morgan fingerprint density at radius 2 is 0.732 bits per heavy atom. The van der Waals surface area contributed by atoms with Crippen molar-refractivity contribution in [2.45, 2.75) is 282 Å². The highest BCUT2D eigenvalue weighted by Crippen LogP contribution is 2.16. The number of allylic oxidation sites excluding steroid dienone is 4. The van der Waals surface area contributed by atoms with E-state index >= 15 is 0 Å². The summed E-state index contributed by atoms with van der Waals surface area (Å²) in [5, 5.41) is 43.8. The van der Waals surface area contributed by atoms with E-state index in [1.165, 1.54) is 180 Å². The van der Waals surface area contributed by atoms with Gasteiger partial charge in [0.15, 0.2) is 0 Å². The van der Waals surface area contributed by atoms with Crippen LogP contribution in [0.1, 0.15) is 258 Å². The maximum absolute atomic E-state index is 12.5. The van der Waals surface area contributed by atoms with E-state index in [1.807, 2.05) is 0 Å². The van der Waals surface area contributed by atoms with E-state index in [0.29, 0.717) is 12.8 Å². The summed E-state index contributed by atoms with van der Waals surface area (Å²) in [6.07, 6.45) is 52.3. The van der Waals surface area contributed by atoms with Crippen LogP contribution in [0.4, 0.5) is 0 Å². The van der Waals surface area contributed by atoms with Crippen molar-refractivity contribution in [2.75, 3.05) is 6.61 Å². The van der Waals surface area contributed by atoms with Crippen LogP contribution in [0.5, 0.6) is 0 Å². The second-order valence-electron chi connectivity index (χ2n) is 17.2. The number of hydrogen-bond acceptors (Lipinski definition) is 5. The number of unbranched alkanes of at least 4 members (excludes halogenated alkanes) is 32. The molecule has 0 aromatic carbocycles. The van der Waals surface area contributed by atoms with Crippen LogP contribution in [-0.4, -0.2) is 57.3 Å². The summed E-state index contributed by atoms with van der Waals surface area (Å²) in [6.45, 7) is 4.05. The molecule has 5 N–H and O–H groups in total. The maximum atomic E-state index is 12.5. The molecule has 0 aromatic heterocycles. The number of nitrogens with one attached hydrogen (secondary N) is 1. The Balaban J connectivity index is 3.72. The van der Waals surface area contributed by atoms with Gasteiger partial charge in [-0.05, 0) is 64.2 Å². The molecule has 0 saturated carbocycles. The number of amides is 1. The van der Waals surface area contributed by atoms with Crippen LogP contribution in [0.15, 0.2) is 24.3 Å². The quantitative estimate of drug-likeness (QED) is 0.0312. The van der Waals surface area contributed by atoms with Gasteiger partial charge in [-0.25, -0.2) is 0 Å².